The number of anilines is 1. The average molecular weight is 497 g/mol. The fourth-order valence-electron chi connectivity index (χ4n) is 4.56. The minimum absolute atomic E-state index is 0.166. The lowest BCUT2D eigenvalue weighted by Gasteiger charge is -2.38. The van der Waals surface area contributed by atoms with E-state index in [-0.39, 0.29) is 36.1 Å². The van der Waals surface area contributed by atoms with E-state index in [9.17, 15) is 14.4 Å². The molecule has 1 aliphatic carbocycles. The van der Waals surface area contributed by atoms with Gasteiger partial charge in [0, 0.05) is 24.4 Å². The maximum absolute atomic E-state index is 13.0. The summed E-state index contributed by atoms with van der Waals surface area (Å²) in [4.78, 5) is 42.8. The number of allylic oxidation sites excluding steroid dienone is 2. The molecular formula is C29H28N4O4. The Kier molecular flexibility index (Phi) is 6.72. The molecule has 2 heterocycles. The van der Waals surface area contributed by atoms with Crippen LogP contribution in [-0.2, 0) is 16.1 Å². The highest BCUT2D eigenvalue weighted by molar-refractivity contribution is 6.05. The van der Waals surface area contributed by atoms with E-state index in [1.807, 2.05) is 50.3 Å². The summed E-state index contributed by atoms with van der Waals surface area (Å²) in [5.74, 6) is -0.140. The van der Waals surface area contributed by atoms with Crippen molar-refractivity contribution in [2.75, 3.05) is 5.01 Å². The number of hydrogen-bond donors (Lipinski definition) is 2. The molecular weight excluding hydrogens is 468 g/mol. The molecule has 0 spiro atoms. The Morgan fingerprint density at radius 3 is 2.65 bits per heavy atom. The van der Waals surface area contributed by atoms with Crippen LogP contribution in [0.4, 0.5) is 5.69 Å². The Balaban J connectivity index is 1.22. The Morgan fingerprint density at radius 2 is 1.86 bits per heavy atom. The van der Waals surface area contributed by atoms with Crippen molar-refractivity contribution in [1.29, 1.82) is 0 Å². The van der Waals surface area contributed by atoms with Gasteiger partial charge in [0.25, 0.3) is 5.91 Å². The number of amides is 3. The molecule has 2 atom stereocenters. The third-order valence-corrected chi connectivity index (χ3v) is 6.70. The van der Waals surface area contributed by atoms with Gasteiger partial charge >= 0.3 is 0 Å². The van der Waals surface area contributed by atoms with E-state index < -0.39 is 0 Å². The number of ether oxygens (including phenoxy) is 1. The van der Waals surface area contributed by atoms with Crippen molar-refractivity contribution in [3.05, 3.63) is 95.2 Å². The topological polar surface area (TPSA) is 101 Å². The molecule has 2 aromatic carbocycles. The monoisotopic (exact) mass is 496 g/mol. The van der Waals surface area contributed by atoms with Crippen LogP contribution in [0, 0.1) is 25.7 Å². The fourth-order valence-corrected chi connectivity index (χ4v) is 4.56. The first-order chi connectivity index (χ1) is 17.9. The van der Waals surface area contributed by atoms with Crippen LogP contribution in [0.15, 0.2) is 72.9 Å². The zero-order valence-corrected chi connectivity index (χ0v) is 20.7. The Hall–Kier alpha value is -4.46. The van der Waals surface area contributed by atoms with Gasteiger partial charge in [-0.2, -0.15) is 0 Å². The van der Waals surface area contributed by atoms with Crippen molar-refractivity contribution in [1.82, 2.24) is 15.7 Å². The van der Waals surface area contributed by atoms with Crippen LogP contribution < -0.4 is 20.5 Å². The quantitative estimate of drug-likeness (QED) is 0.494. The number of carbonyl (C=O) groups excluding carboxylic acids is 3. The second kappa shape index (κ2) is 10.3. The molecule has 3 amide bonds. The summed E-state index contributed by atoms with van der Waals surface area (Å²) in [7, 11) is 0. The number of pyridine rings is 1. The number of aromatic nitrogens is 1. The number of rotatable bonds is 6. The van der Waals surface area contributed by atoms with Crippen LogP contribution in [0.25, 0.3) is 0 Å². The summed E-state index contributed by atoms with van der Waals surface area (Å²) in [5, 5.41) is 4.14. The van der Waals surface area contributed by atoms with Gasteiger partial charge < -0.3 is 10.1 Å². The molecule has 0 radical (unpaired) electrons. The maximum Gasteiger partial charge on any atom is 0.251 e. The average Bonchev–Trinajstić information content (AvgIpc) is 2.92. The molecule has 5 rings (SSSR count). The van der Waals surface area contributed by atoms with Crippen LogP contribution >= 0.6 is 0 Å². The smallest absolute Gasteiger partial charge is 0.251 e. The van der Waals surface area contributed by atoms with Crippen molar-refractivity contribution in [2.45, 2.75) is 33.2 Å². The lowest BCUT2D eigenvalue weighted by Crippen LogP contribution is -2.59. The Labute approximate surface area is 215 Å². The molecule has 1 aliphatic heterocycles. The lowest BCUT2D eigenvalue weighted by molar-refractivity contribution is -0.139. The predicted molar refractivity (Wildman–Crippen MR) is 139 cm³/mol. The lowest BCUT2D eigenvalue weighted by atomic mass is 9.80. The molecule has 37 heavy (non-hydrogen) atoms. The zero-order valence-electron chi connectivity index (χ0n) is 20.7. The highest BCUT2D eigenvalue weighted by Crippen LogP contribution is 2.32. The predicted octanol–water partition coefficient (Wildman–Crippen LogP) is 4.38. The molecule has 2 N–H and O–H groups in total. The van der Waals surface area contributed by atoms with E-state index in [0.29, 0.717) is 30.0 Å². The van der Waals surface area contributed by atoms with Gasteiger partial charge in [0.15, 0.2) is 0 Å². The molecule has 1 fully saturated rings. The summed E-state index contributed by atoms with van der Waals surface area (Å²) in [5.41, 5.74) is 6.47. The van der Waals surface area contributed by atoms with Gasteiger partial charge in [-0.3, -0.25) is 19.8 Å². The standard InChI is InChI=1S/C29H28N4O4/c1-18-10-11-19(2)25(14-18)37-26-13-12-20(16-30-26)17-31-27(34)21-6-5-7-22(15-21)33-29(36)24-9-4-3-8-23(24)28(35)32-33/h3-7,10-16,23-24H,8-9,17H2,1-2H3,(H,31,34)(H,32,35). The summed E-state index contributed by atoms with van der Waals surface area (Å²) < 4.78 is 5.90. The maximum atomic E-state index is 13.0. The van der Waals surface area contributed by atoms with Gasteiger partial charge in [0.2, 0.25) is 17.7 Å². The third-order valence-electron chi connectivity index (χ3n) is 6.70. The number of benzene rings is 2. The number of nitrogens with one attached hydrogen (secondary N) is 2. The van der Waals surface area contributed by atoms with Crippen LogP contribution in [0.5, 0.6) is 11.6 Å². The van der Waals surface area contributed by atoms with Crippen LogP contribution in [-0.4, -0.2) is 22.7 Å². The largest absolute Gasteiger partial charge is 0.439 e. The number of hydrazine groups is 1. The van der Waals surface area contributed by atoms with Crippen molar-refractivity contribution in [2.24, 2.45) is 11.8 Å². The molecule has 8 nitrogen and oxygen atoms in total. The first-order valence-electron chi connectivity index (χ1n) is 12.3. The van der Waals surface area contributed by atoms with Gasteiger partial charge in [0.05, 0.1) is 17.5 Å². The molecule has 2 aliphatic rings. The third kappa shape index (κ3) is 5.23. The van der Waals surface area contributed by atoms with Crippen LogP contribution in [0.1, 0.15) is 39.9 Å². The second-order valence-corrected chi connectivity index (χ2v) is 9.41. The highest BCUT2D eigenvalue weighted by Gasteiger charge is 2.42. The summed E-state index contributed by atoms with van der Waals surface area (Å²) in [6.07, 6.45) is 6.64. The minimum atomic E-state index is -0.384. The van der Waals surface area contributed by atoms with Gasteiger partial charge in [-0.05, 0) is 67.6 Å². The summed E-state index contributed by atoms with van der Waals surface area (Å²) in [6.45, 7) is 4.26. The Morgan fingerprint density at radius 1 is 1.05 bits per heavy atom. The van der Waals surface area contributed by atoms with E-state index in [1.165, 1.54) is 5.01 Å². The number of carbonyl (C=O) groups is 3. The Bertz CT molecular complexity index is 1380. The van der Waals surface area contributed by atoms with Gasteiger partial charge in [-0.15, -0.1) is 0 Å². The van der Waals surface area contributed by atoms with Crippen molar-refractivity contribution in [3.63, 3.8) is 0 Å². The molecule has 8 heteroatoms. The van der Waals surface area contributed by atoms with E-state index in [4.69, 9.17) is 4.74 Å². The molecule has 188 valence electrons. The number of aryl methyl sites for hydroxylation is 2. The van der Waals surface area contributed by atoms with Crippen molar-refractivity contribution < 1.29 is 19.1 Å². The van der Waals surface area contributed by atoms with Crippen molar-refractivity contribution >= 4 is 23.4 Å². The van der Waals surface area contributed by atoms with E-state index in [1.54, 1.807) is 36.5 Å². The van der Waals surface area contributed by atoms with E-state index in [2.05, 4.69) is 15.7 Å². The molecule has 1 aromatic heterocycles. The normalized spacial score (nSPS) is 18.7. The van der Waals surface area contributed by atoms with Crippen LogP contribution in [0.2, 0.25) is 0 Å². The molecule has 2 unspecified atom stereocenters. The molecule has 3 aromatic rings. The second-order valence-electron chi connectivity index (χ2n) is 9.41. The minimum Gasteiger partial charge on any atom is -0.439 e. The highest BCUT2D eigenvalue weighted by atomic mass is 16.5. The molecule has 1 saturated heterocycles. The zero-order chi connectivity index (χ0) is 25.9. The van der Waals surface area contributed by atoms with E-state index in [0.717, 1.165) is 22.4 Å². The number of hydrogen-bond acceptors (Lipinski definition) is 5. The first kappa shape index (κ1) is 24.2. The summed E-state index contributed by atoms with van der Waals surface area (Å²) in [6, 6.07) is 16.3. The van der Waals surface area contributed by atoms with Crippen molar-refractivity contribution in [3.8, 4) is 11.6 Å². The molecule has 0 bridgehead atoms. The van der Waals surface area contributed by atoms with Gasteiger partial charge in [0.1, 0.15) is 5.75 Å². The first-order valence-corrected chi connectivity index (χ1v) is 12.3. The van der Waals surface area contributed by atoms with Gasteiger partial charge in [-0.1, -0.05) is 36.4 Å². The van der Waals surface area contributed by atoms with Gasteiger partial charge in [-0.25, -0.2) is 9.99 Å². The SMILES string of the molecule is Cc1ccc(C)c(Oc2ccc(CNC(=O)c3cccc(N4NC(=O)C5CC=CCC5C4=O)c3)cn2)c1. The molecule has 0 saturated carbocycles. The summed E-state index contributed by atoms with van der Waals surface area (Å²) >= 11 is 0. The van der Waals surface area contributed by atoms with Crippen LogP contribution in [0.3, 0.4) is 0 Å². The fraction of sp³-hybridized carbons (Fsp3) is 0.241. The number of nitrogens with zero attached hydrogens (tertiary/aromatic N) is 2. The number of fused-ring (bicyclic) bond motifs is 1. The van der Waals surface area contributed by atoms with E-state index >= 15 is 0 Å².